The van der Waals surface area contributed by atoms with Crippen molar-refractivity contribution >= 4 is 34.1 Å². The van der Waals surface area contributed by atoms with Gasteiger partial charge in [-0.25, -0.2) is 4.98 Å². The molecular formula is C24H21N3O3S. The van der Waals surface area contributed by atoms with E-state index in [1.54, 1.807) is 28.4 Å². The Kier molecular flexibility index (Phi) is 5.26. The predicted molar refractivity (Wildman–Crippen MR) is 120 cm³/mol. The molecule has 1 aromatic carbocycles. The number of nitrogens with zero attached hydrogens (tertiary/aromatic N) is 2. The van der Waals surface area contributed by atoms with Crippen LogP contribution in [0.2, 0.25) is 0 Å². The number of piperidine rings is 1. The fraction of sp³-hybridized carbons (Fsp3) is 0.208. The fourth-order valence-corrected chi connectivity index (χ4v) is 4.65. The lowest BCUT2D eigenvalue weighted by Gasteiger charge is -2.32. The molecule has 31 heavy (non-hydrogen) atoms. The Balaban J connectivity index is 1.32. The van der Waals surface area contributed by atoms with Crippen LogP contribution in [0.25, 0.3) is 21.5 Å². The maximum Gasteiger partial charge on any atom is 0.289 e. The number of thiophene rings is 1. The molecule has 156 valence electrons. The quantitative estimate of drug-likeness (QED) is 0.513. The van der Waals surface area contributed by atoms with Crippen molar-refractivity contribution in [2.45, 2.75) is 18.9 Å². The third kappa shape index (κ3) is 3.96. The Bertz CT molecular complexity index is 1210. The number of para-hydroxylation sites is 1. The van der Waals surface area contributed by atoms with Gasteiger partial charge in [-0.3, -0.25) is 9.59 Å². The molecule has 0 saturated carbocycles. The van der Waals surface area contributed by atoms with E-state index in [0.717, 1.165) is 21.5 Å². The van der Waals surface area contributed by atoms with E-state index < -0.39 is 0 Å². The molecule has 0 spiro atoms. The summed E-state index contributed by atoms with van der Waals surface area (Å²) in [6.45, 7) is 1.17. The second-order valence-electron chi connectivity index (χ2n) is 7.57. The van der Waals surface area contributed by atoms with Gasteiger partial charge in [-0.2, -0.15) is 0 Å². The number of benzene rings is 1. The maximum absolute atomic E-state index is 13.2. The Morgan fingerprint density at radius 1 is 1.06 bits per heavy atom. The van der Waals surface area contributed by atoms with Crippen molar-refractivity contribution in [2.75, 3.05) is 13.1 Å². The Morgan fingerprint density at radius 2 is 1.90 bits per heavy atom. The van der Waals surface area contributed by atoms with Gasteiger partial charge in [0.1, 0.15) is 0 Å². The van der Waals surface area contributed by atoms with E-state index in [1.807, 2.05) is 47.8 Å². The minimum Gasteiger partial charge on any atom is -0.459 e. The number of furan rings is 1. The summed E-state index contributed by atoms with van der Waals surface area (Å²) in [5.74, 6) is 0.148. The number of nitrogens with one attached hydrogen (secondary N) is 1. The topological polar surface area (TPSA) is 75.4 Å². The Labute approximate surface area is 183 Å². The van der Waals surface area contributed by atoms with Crippen LogP contribution in [0.5, 0.6) is 0 Å². The van der Waals surface area contributed by atoms with Crippen molar-refractivity contribution in [3.8, 4) is 10.6 Å². The fourth-order valence-electron chi connectivity index (χ4n) is 3.96. The second kappa shape index (κ2) is 8.35. The highest BCUT2D eigenvalue weighted by Gasteiger charge is 2.26. The van der Waals surface area contributed by atoms with Crippen LogP contribution in [0, 0.1) is 0 Å². The largest absolute Gasteiger partial charge is 0.459 e. The molecule has 1 N–H and O–H groups in total. The van der Waals surface area contributed by atoms with E-state index in [0.29, 0.717) is 37.3 Å². The highest BCUT2D eigenvalue weighted by molar-refractivity contribution is 7.13. The van der Waals surface area contributed by atoms with Crippen molar-refractivity contribution in [3.05, 3.63) is 77.6 Å². The number of pyridine rings is 1. The van der Waals surface area contributed by atoms with Crippen molar-refractivity contribution in [1.82, 2.24) is 15.2 Å². The van der Waals surface area contributed by atoms with Gasteiger partial charge in [0.05, 0.1) is 27.9 Å². The average Bonchev–Trinajstić information content (AvgIpc) is 3.53. The van der Waals surface area contributed by atoms with Crippen LogP contribution in [0.3, 0.4) is 0 Å². The molecule has 0 unspecified atom stereocenters. The van der Waals surface area contributed by atoms with Gasteiger partial charge in [0, 0.05) is 24.5 Å². The zero-order valence-electron chi connectivity index (χ0n) is 16.8. The first-order valence-corrected chi connectivity index (χ1v) is 11.1. The number of hydrogen-bond acceptors (Lipinski definition) is 5. The van der Waals surface area contributed by atoms with Gasteiger partial charge in [-0.15, -0.1) is 11.3 Å². The summed E-state index contributed by atoms with van der Waals surface area (Å²) in [5, 5.41) is 6.01. The van der Waals surface area contributed by atoms with E-state index in [1.165, 1.54) is 6.26 Å². The molecule has 5 rings (SSSR count). The number of fused-ring (bicyclic) bond motifs is 1. The van der Waals surface area contributed by atoms with E-state index >= 15 is 0 Å². The molecule has 0 bridgehead atoms. The lowest BCUT2D eigenvalue weighted by atomic mass is 10.0. The number of rotatable bonds is 4. The molecule has 1 aliphatic rings. The molecule has 1 saturated heterocycles. The lowest BCUT2D eigenvalue weighted by molar-refractivity contribution is 0.0667. The number of hydrogen-bond donors (Lipinski definition) is 1. The van der Waals surface area contributed by atoms with Gasteiger partial charge < -0.3 is 14.6 Å². The molecule has 1 fully saturated rings. The van der Waals surface area contributed by atoms with E-state index in [-0.39, 0.29) is 17.9 Å². The summed E-state index contributed by atoms with van der Waals surface area (Å²) < 4.78 is 5.21. The van der Waals surface area contributed by atoms with Gasteiger partial charge in [0.15, 0.2) is 5.76 Å². The number of carbonyl (C=O) groups excluding carboxylic acids is 2. The van der Waals surface area contributed by atoms with Gasteiger partial charge >= 0.3 is 0 Å². The third-order valence-corrected chi connectivity index (χ3v) is 6.48. The predicted octanol–water partition coefficient (Wildman–Crippen LogP) is 4.59. The van der Waals surface area contributed by atoms with Crippen LogP contribution in [0.15, 0.2) is 70.7 Å². The highest BCUT2D eigenvalue weighted by Crippen LogP contribution is 2.28. The lowest BCUT2D eigenvalue weighted by Crippen LogP contribution is -2.46. The number of aromatic nitrogens is 1. The van der Waals surface area contributed by atoms with Gasteiger partial charge in [-0.05, 0) is 48.6 Å². The van der Waals surface area contributed by atoms with Crippen molar-refractivity contribution < 1.29 is 14.0 Å². The van der Waals surface area contributed by atoms with E-state index in [4.69, 9.17) is 9.40 Å². The first-order valence-electron chi connectivity index (χ1n) is 10.3. The molecule has 0 aliphatic carbocycles. The highest BCUT2D eigenvalue weighted by atomic mass is 32.1. The Hall–Kier alpha value is -3.45. The normalized spacial score (nSPS) is 14.6. The first kappa shape index (κ1) is 19.5. The number of likely N-dealkylation sites (tertiary alicyclic amines) is 1. The summed E-state index contributed by atoms with van der Waals surface area (Å²) >= 11 is 1.60. The first-order chi connectivity index (χ1) is 15.2. The molecule has 7 heteroatoms. The van der Waals surface area contributed by atoms with Gasteiger partial charge in [-0.1, -0.05) is 24.3 Å². The molecule has 0 radical (unpaired) electrons. The standard InChI is InChI=1S/C24H21N3O3S/c28-23(25-16-9-11-27(12-10-16)24(29)21-7-3-13-30-21)18-15-20(22-8-4-14-31-22)26-19-6-2-1-5-17(18)19/h1-8,13-16H,9-12H2,(H,25,28). The summed E-state index contributed by atoms with van der Waals surface area (Å²) in [4.78, 5) is 33.2. The smallest absolute Gasteiger partial charge is 0.289 e. The monoisotopic (exact) mass is 431 g/mol. The van der Waals surface area contributed by atoms with Gasteiger partial charge in [0.25, 0.3) is 11.8 Å². The maximum atomic E-state index is 13.2. The van der Waals surface area contributed by atoms with Crippen molar-refractivity contribution in [3.63, 3.8) is 0 Å². The molecule has 2 amide bonds. The summed E-state index contributed by atoms with van der Waals surface area (Å²) in [6, 6.07) is 17.0. The zero-order valence-corrected chi connectivity index (χ0v) is 17.6. The zero-order chi connectivity index (χ0) is 21.2. The number of amides is 2. The number of carbonyl (C=O) groups is 2. The summed E-state index contributed by atoms with van der Waals surface area (Å²) in [7, 11) is 0. The van der Waals surface area contributed by atoms with Crippen molar-refractivity contribution in [1.29, 1.82) is 0 Å². The van der Waals surface area contributed by atoms with Crippen molar-refractivity contribution in [2.24, 2.45) is 0 Å². The van der Waals surface area contributed by atoms with E-state index in [9.17, 15) is 9.59 Å². The summed E-state index contributed by atoms with van der Waals surface area (Å²) in [5.41, 5.74) is 2.23. The SMILES string of the molecule is O=C(NC1CCN(C(=O)c2ccco2)CC1)c1cc(-c2cccs2)nc2ccccc12. The third-order valence-electron chi connectivity index (χ3n) is 5.58. The summed E-state index contributed by atoms with van der Waals surface area (Å²) in [6.07, 6.45) is 2.92. The minimum atomic E-state index is -0.104. The van der Waals surface area contributed by atoms with Gasteiger partial charge in [0.2, 0.25) is 0 Å². The van der Waals surface area contributed by atoms with Crippen LogP contribution in [-0.2, 0) is 0 Å². The molecule has 4 heterocycles. The second-order valence-corrected chi connectivity index (χ2v) is 8.51. The Morgan fingerprint density at radius 3 is 2.65 bits per heavy atom. The van der Waals surface area contributed by atoms with Crippen LogP contribution in [-0.4, -0.2) is 40.8 Å². The molecule has 6 nitrogen and oxygen atoms in total. The molecule has 3 aromatic heterocycles. The van der Waals surface area contributed by atoms with Crippen LogP contribution >= 0.6 is 11.3 Å². The molecule has 4 aromatic rings. The molecule has 0 atom stereocenters. The minimum absolute atomic E-state index is 0.0188. The molecule has 1 aliphatic heterocycles. The molecular weight excluding hydrogens is 410 g/mol. The average molecular weight is 432 g/mol. The van der Waals surface area contributed by atoms with Crippen LogP contribution < -0.4 is 5.32 Å². The van der Waals surface area contributed by atoms with Crippen LogP contribution in [0.4, 0.5) is 0 Å². The van der Waals surface area contributed by atoms with Crippen LogP contribution in [0.1, 0.15) is 33.8 Å². The van der Waals surface area contributed by atoms with E-state index in [2.05, 4.69) is 5.32 Å².